The number of phenols is 1. The SMILES string of the molecule is COc1ccc(C2CCc3ccc(OC)cc3O2)c(O)c1. The lowest BCUT2D eigenvalue weighted by atomic mass is 9.96. The van der Waals surface area contributed by atoms with Gasteiger partial charge in [-0.25, -0.2) is 0 Å². The van der Waals surface area contributed by atoms with Gasteiger partial charge in [-0.2, -0.15) is 0 Å². The minimum atomic E-state index is -0.157. The first-order valence-electron chi connectivity index (χ1n) is 6.91. The fourth-order valence-electron chi connectivity index (χ4n) is 2.62. The molecule has 0 fully saturated rings. The van der Waals surface area contributed by atoms with Crippen LogP contribution in [0.3, 0.4) is 0 Å². The van der Waals surface area contributed by atoms with Crippen molar-refractivity contribution in [3.8, 4) is 23.0 Å². The highest BCUT2D eigenvalue weighted by Gasteiger charge is 2.24. The van der Waals surface area contributed by atoms with Gasteiger partial charge in [-0.05, 0) is 36.6 Å². The topological polar surface area (TPSA) is 47.9 Å². The third kappa shape index (κ3) is 2.61. The predicted octanol–water partition coefficient (Wildman–Crippen LogP) is 3.48. The predicted molar refractivity (Wildman–Crippen MR) is 79.3 cm³/mol. The second-order valence-corrected chi connectivity index (χ2v) is 5.04. The molecule has 0 amide bonds. The quantitative estimate of drug-likeness (QED) is 0.938. The summed E-state index contributed by atoms with van der Waals surface area (Å²) in [6.45, 7) is 0. The van der Waals surface area contributed by atoms with E-state index in [2.05, 4.69) is 0 Å². The van der Waals surface area contributed by atoms with Crippen molar-refractivity contribution in [3.63, 3.8) is 0 Å². The Labute approximate surface area is 123 Å². The molecule has 1 unspecified atom stereocenters. The minimum Gasteiger partial charge on any atom is -0.507 e. The Morgan fingerprint density at radius 1 is 1.05 bits per heavy atom. The van der Waals surface area contributed by atoms with Crippen molar-refractivity contribution >= 4 is 0 Å². The summed E-state index contributed by atoms with van der Waals surface area (Å²) in [6, 6.07) is 11.1. The van der Waals surface area contributed by atoms with Gasteiger partial charge in [0.1, 0.15) is 29.1 Å². The van der Waals surface area contributed by atoms with Crippen LogP contribution in [0.5, 0.6) is 23.0 Å². The molecule has 1 atom stereocenters. The number of rotatable bonds is 3. The average Bonchev–Trinajstić information content (AvgIpc) is 2.53. The van der Waals surface area contributed by atoms with E-state index in [1.807, 2.05) is 30.3 Å². The van der Waals surface area contributed by atoms with Crippen LogP contribution in [-0.4, -0.2) is 19.3 Å². The van der Waals surface area contributed by atoms with Crippen molar-refractivity contribution in [1.29, 1.82) is 0 Å². The molecule has 0 aromatic heterocycles. The second-order valence-electron chi connectivity index (χ2n) is 5.04. The Hall–Kier alpha value is -2.36. The molecule has 3 rings (SSSR count). The lowest BCUT2D eigenvalue weighted by Crippen LogP contribution is -2.15. The Morgan fingerprint density at radius 3 is 2.48 bits per heavy atom. The Morgan fingerprint density at radius 2 is 1.76 bits per heavy atom. The van der Waals surface area contributed by atoms with Crippen molar-refractivity contribution in [2.75, 3.05) is 14.2 Å². The fraction of sp³-hybridized carbons (Fsp3) is 0.294. The molecule has 1 heterocycles. The van der Waals surface area contributed by atoms with Gasteiger partial charge in [-0.3, -0.25) is 0 Å². The van der Waals surface area contributed by atoms with E-state index >= 15 is 0 Å². The summed E-state index contributed by atoms with van der Waals surface area (Å²) in [5.74, 6) is 2.42. The van der Waals surface area contributed by atoms with Crippen LogP contribution in [0.1, 0.15) is 23.7 Å². The molecule has 1 N–H and O–H groups in total. The number of ether oxygens (including phenoxy) is 3. The summed E-state index contributed by atoms with van der Waals surface area (Å²) in [7, 11) is 3.21. The molecule has 110 valence electrons. The summed E-state index contributed by atoms with van der Waals surface area (Å²) in [5.41, 5.74) is 1.95. The Bertz CT molecular complexity index is 651. The van der Waals surface area contributed by atoms with Crippen LogP contribution >= 0.6 is 0 Å². The Kier molecular flexibility index (Phi) is 3.60. The van der Waals surface area contributed by atoms with Gasteiger partial charge >= 0.3 is 0 Å². The molecule has 0 spiro atoms. The average molecular weight is 286 g/mol. The fourth-order valence-corrected chi connectivity index (χ4v) is 2.62. The molecule has 2 aromatic rings. The van der Waals surface area contributed by atoms with Crippen molar-refractivity contribution in [2.24, 2.45) is 0 Å². The van der Waals surface area contributed by atoms with E-state index in [1.165, 1.54) is 5.56 Å². The number of methoxy groups -OCH3 is 2. The monoisotopic (exact) mass is 286 g/mol. The molecule has 4 heteroatoms. The zero-order chi connectivity index (χ0) is 14.8. The van der Waals surface area contributed by atoms with E-state index < -0.39 is 0 Å². The Balaban J connectivity index is 1.88. The first kappa shape index (κ1) is 13.6. The summed E-state index contributed by atoms with van der Waals surface area (Å²) in [5, 5.41) is 10.1. The minimum absolute atomic E-state index is 0.157. The largest absolute Gasteiger partial charge is 0.507 e. The lowest BCUT2D eigenvalue weighted by Gasteiger charge is -2.27. The van der Waals surface area contributed by atoms with Crippen LogP contribution in [0.15, 0.2) is 36.4 Å². The number of aryl methyl sites for hydroxylation is 1. The standard InChI is InChI=1S/C17H18O4/c1-19-12-6-7-14(15(18)9-12)16-8-4-11-3-5-13(20-2)10-17(11)21-16/h3,5-7,9-10,16,18H,4,8H2,1-2H3. The van der Waals surface area contributed by atoms with Gasteiger partial charge in [-0.1, -0.05) is 6.07 Å². The van der Waals surface area contributed by atoms with Gasteiger partial charge in [0.2, 0.25) is 0 Å². The van der Waals surface area contributed by atoms with Crippen LogP contribution in [0, 0.1) is 0 Å². The van der Waals surface area contributed by atoms with Gasteiger partial charge in [0.25, 0.3) is 0 Å². The molecule has 4 nitrogen and oxygen atoms in total. The van der Waals surface area contributed by atoms with E-state index in [0.717, 1.165) is 29.9 Å². The van der Waals surface area contributed by atoms with Crippen LogP contribution < -0.4 is 14.2 Å². The zero-order valence-electron chi connectivity index (χ0n) is 12.1. The van der Waals surface area contributed by atoms with Crippen LogP contribution in [-0.2, 0) is 6.42 Å². The number of hydrogen-bond donors (Lipinski definition) is 1. The van der Waals surface area contributed by atoms with Gasteiger partial charge in [0.15, 0.2) is 0 Å². The van der Waals surface area contributed by atoms with Crippen molar-refractivity contribution in [2.45, 2.75) is 18.9 Å². The van der Waals surface area contributed by atoms with E-state index in [0.29, 0.717) is 5.75 Å². The molecule has 1 aliphatic rings. The molecule has 0 saturated carbocycles. The summed E-state index contributed by atoms with van der Waals surface area (Å²) >= 11 is 0. The van der Waals surface area contributed by atoms with Crippen LogP contribution in [0.4, 0.5) is 0 Å². The molecule has 0 saturated heterocycles. The van der Waals surface area contributed by atoms with Crippen molar-refractivity contribution in [3.05, 3.63) is 47.5 Å². The van der Waals surface area contributed by atoms with Crippen molar-refractivity contribution in [1.82, 2.24) is 0 Å². The first-order chi connectivity index (χ1) is 10.2. The smallest absolute Gasteiger partial charge is 0.128 e. The highest BCUT2D eigenvalue weighted by Crippen LogP contribution is 2.40. The highest BCUT2D eigenvalue weighted by atomic mass is 16.5. The van der Waals surface area contributed by atoms with Crippen LogP contribution in [0.2, 0.25) is 0 Å². The molecular formula is C17H18O4. The normalized spacial score (nSPS) is 16.8. The molecular weight excluding hydrogens is 268 g/mol. The zero-order valence-corrected chi connectivity index (χ0v) is 12.1. The van der Waals surface area contributed by atoms with Crippen molar-refractivity contribution < 1.29 is 19.3 Å². The number of hydrogen-bond acceptors (Lipinski definition) is 4. The first-order valence-corrected chi connectivity index (χ1v) is 6.91. The highest BCUT2D eigenvalue weighted by molar-refractivity contribution is 5.45. The summed E-state index contributed by atoms with van der Waals surface area (Å²) in [6.07, 6.45) is 1.59. The number of benzene rings is 2. The number of fused-ring (bicyclic) bond motifs is 1. The maximum atomic E-state index is 10.1. The van der Waals surface area contributed by atoms with E-state index in [9.17, 15) is 5.11 Å². The maximum Gasteiger partial charge on any atom is 0.128 e. The maximum absolute atomic E-state index is 10.1. The molecule has 0 bridgehead atoms. The van der Waals surface area contributed by atoms with Gasteiger partial charge < -0.3 is 19.3 Å². The molecule has 1 aliphatic heterocycles. The number of aromatic hydroxyl groups is 1. The second kappa shape index (κ2) is 5.56. The van der Waals surface area contributed by atoms with Gasteiger partial charge in [0, 0.05) is 17.7 Å². The van der Waals surface area contributed by atoms with Gasteiger partial charge in [-0.15, -0.1) is 0 Å². The summed E-state index contributed by atoms with van der Waals surface area (Å²) in [4.78, 5) is 0. The molecule has 0 aliphatic carbocycles. The van der Waals surface area contributed by atoms with E-state index in [4.69, 9.17) is 14.2 Å². The lowest BCUT2D eigenvalue weighted by molar-refractivity contribution is 0.172. The molecule has 2 aromatic carbocycles. The van der Waals surface area contributed by atoms with E-state index in [-0.39, 0.29) is 11.9 Å². The van der Waals surface area contributed by atoms with Crippen LogP contribution in [0.25, 0.3) is 0 Å². The summed E-state index contributed by atoms with van der Waals surface area (Å²) < 4.78 is 16.4. The molecule has 0 radical (unpaired) electrons. The van der Waals surface area contributed by atoms with Gasteiger partial charge in [0.05, 0.1) is 14.2 Å². The number of phenolic OH excluding ortho intramolecular Hbond substituents is 1. The third-order valence-electron chi connectivity index (χ3n) is 3.80. The molecule has 21 heavy (non-hydrogen) atoms. The third-order valence-corrected chi connectivity index (χ3v) is 3.80. The van der Waals surface area contributed by atoms with E-state index in [1.54, 1.807) is 20.3 Å².